The van der Waals surface area contributed by atoms with Crippen molar-refractivity contribution in [2.75, 3.05) is 26.8 Å². The number of nitrogens with zero attached hydrogens (tertiary/aromatic N) is 3. The maximum atomic E-state index is 9.90. The molecule has 2 rings (SSSR count). The number of hydrogen-bond donors (Lipinski definition) is 3. The number of aliphatic hydroxyl groups is 3. The van der Waals surface area contributed by atoms with Crippen LogP contribution in [0.15, 0.2) is 10.3 Å². The normalized spacial score (nSPS) is 42.9. The predicted molar refractivity (Wildman–Crippen MR) is 64.2 cm³/mol. The highest BCUT2D eigenvalue weighted by Crippen LogP contribution is 2.26. The van der Waals surface area contributed by atoms with Gasteiger partial charge in [-0.3, -0.25) is 5.01 Å². The topological polar surface area (TPSA) is 107 Å². The third kappa shape index (κ3) is 3.21. The smallest absolute Gasteiger partial charge is 0.186 e. The van der Waals surface area contributed by atoms with Crippen molar-refractivity contribution in [1.82, 2.24) is 5.01 Å². The molecule has 1 fully saturated rings. The van der Waals surface area contributed by atoms with Gasteiger partial charge in [0, 0.05) is 13.0 Å². The molecule has 3 N–H and O–H groups in total. The monoisotopic (exact) mass is 275 g/mol. The fourth-order valence-electron chi connectivity index (χ4n) is 2.25. The highest BCUT2D eigenvalue weighted by atomic mass is 16.7. The summed E-state index contributed by atoms with van der Waals surface area (Å²) in [6.07, 6.45) is -3.61. The average Bonchev–Trinajstić information content (AvgIpc) is 2.81. The lowest BCUT2D eigenvalue weighted by molar-refractivity contribution is -0.288. The summed E-state index contributed by atoms with van der Waals surface area (Å²) in [7, 11) is 1.81. The number of likely N-dealkylation sites (N-methyl/N-ethyl adjacent to an activating group) is 1. The van der Waals surface area contributed by atoms with E-state index in [1.165, 1.54) is 0 Å². The van der Waals surface area contributed by atoms with Crippen LogP contribution in [-0.2, 0) is 9.47 Å². The molecule has 2 aliphatic heterocycles. The molecule has 0 aromatic heterocycles. The predicted octanol–water partition coefficient (Wildman–Crippen LogP) is -1.24. The fraction of sp³-hybridized carbons (Fsp3) is 1.00. The number of ether oxygens (including phenoxy) is 2. The molecule has 3 unspecified atom stereocenters. The third-order valence-electron chi connectivity index (χ3n) is 3.54. The molecule has 8 nitrogen and oxygen atoms in total. The fourth-order valence-corrected chi connectivity index (χ4v) is 2.25. The second-order valence-corrected chi connectivity index (χ2v) is 5.10. The quantitative estimate of drug-likeness (QED) is 0.592. The lowest BCUT2D eigenvalue weighted by Crippen LogP contribution is -2.55. The summed E-state index contributed by atoms with van der Waals surface area (Å²) >= 11 is 0. The average molecular weight is 275 g/mol. The standard InChI is InChI=1S/C11H21N3O5/c1-6-8(4-15)19-11(10(17)9(6)16)18-5-7-3-14(2)13-12-7/h6-11,15-17H,3-5H2,1-2H3/t6-,7?,8?,9?,10-,11+/m0/s1. The molecular formula is C11H21N3O5. The molecule has 0 aromatic carbocycles. The van der Waals surface area contributed by atoms with Crippen LogP contribution in [0.5, 0.6) is 0 Å². The van der Waals surface area contributed by atoms with E-state index in [0.717, 1.165) is 0 Å². The lowest BCUT2D eigenvalue weighted by Gasteiger charge is -2.40. The van der Waals surface area contributed by atoms with Gasteiger partial charge in [-0.2, -0.15) is 5.11 Å². The summed E-state index contributed by atoms with van der Waals surface area (Å²) in [6, 6.07) is -0.107. The van der Waals surface area contributed by atoms with Crippen LogP contribution in [0.1, 0.15) is 6.92 Å². The Morgan fingerprint density at radius 3 is 2.68 bits per heavy atom. The maximum absolute atomic E-state index is 9.90. The number of hydrogen-bond acceptors (Lipinski definition) is 8. The first-order chi connectivity index (χ1) is 9.02. The first-order valence-corrected chi connectivity index (χ1v) is 6.39. The van der Waals surface area contributed by atoms with Crippen molar-refractivity contribution < 1.29 is 24.8 Å². The summed E-state index contributed by atoms with van der Waals surface area (Å²) in [5, 5.41) is 38.5. The molecule has 2 heterocycles. The Balaban J connectivity index is 1.86. The Kier molecular flexibility index (Phi) is 4.69. The van der Waals surface area contributed by atoms with Crippen LogP contribution >= 0.6 is 0 Å². The van der Waals surface area contributed by atoms with Gasteiger partial charge in [0.1, 0.15) is 12.1 Å². The molecule has 0 aliphatic carbocycles. The van der Waals surface area contributed by atoms with E-state index < -0.39 is 24.6 Å². The molecule has 110 valence electrons. The summed E-state index contributed by atoms with van der Waals surface area (Å²) in [5.41, 5.74) is 0. The molecule has 1 saturated heterocycles. The summed E-state index contributed by atoms with van der Waals surface area (Å²) in [5.74, 6) is -0.350. The highest BCUT2D eigenvalue weighted by Gasteiger charge is 2.42. The van der Waals surface area contributed by atoms with Crippen LogP contribution in [0.3, 0.4) is 0 Å². The van der Waals surface area contributed by atoms with Gasteiger partial charge < -0.3 is 24.8 Å². The zero-order valence-electron chi connectivity index (χ0n) is 11.1. The van der Waals surface area contributed by atoms with E-state index in [1.54, 1.807) is 11.9 Å². The molecule has 0 amide bonds. The molecular weight excluding hydrogens is 254 g/mol. The van der Waals surface area contributed by atoms with E-state index in [4.69, 9.17) is 9.47 Å². The van der Waals surface area contributed by atoms with E-state index in [2.05, 4.69) is 10.3 Å². The molecule has 8 heteroatoms. The first-order valence-electron chi connectivity index (χ1n) is 6.39. The Hall–Kier alpha value is -0.800. The summed E-state index contributed by atoms with van der Waals surface area (Å²) in [6.45, 7) is 2.38. The lowest BCUT2D eigenvalue weighted by atomic mass is 9.91. The van der Waals surface area contributed by atoms with Gasteiger partial charge in [0.25, 0.3) is 0 Å². The van der Waals surface area contributed by atoms with Crippen molar-refractivity contribution in [3.8, 4) is 0 Å². The van der Waals surface area contributed by atoms with Gasteiger partial charge in [-0.1, -0.05) is 12.1 Å². The van der Waals surface area contributed by atoms with Gasteiger partial charge >= 0.3 is 0 Å². The van der Waals surface area contributed by atoms with Crippen LogP contribution < -0.4 is 0 Å². The summed E-state index contributed by atoms with van der Waals surface area (Å²) in [4.78, 5) is 0. The minimum absolute atomic E-state index is 0.107. The van der Waals surface area contributed by atoms with Crippen molar-refractivity contribution in [3.63, 3.8) is 0 Å². The van der Waals surface area contributed by atoms with Gasteiger partial charge in [-0.05, 0) is 0 Å². The van der Waals surface area contributed by atoms with Gasteiger partial charge in [0.2, 0.25) is 0 Å². The molecule has 0 saturated carbocycles. The van der Waals surface area contributed by atoms with E-state index in [-0.39, 0.29) is 25.2 Å². The molecule has 2 aliphatic rings. The van der Waals surface area contributed by atoms with E-state index in [9.17, 15) is 15.3 Å². The second kappa shape index (κ2) is 6.10. The molecule has 0 bridgehead atoms. The second-order valence-electron chi connectivity index (χ2n) is 5.10. The van der Waals surface area contributed by atoms with E-state index in [0.29, 0.717) is 6.54 Å². The summed E-state index contributed by atoms with van der Waals surface area (Å²) < 4.78 is 10.9. The minimum atomic E-state index is -1.13. The largest absolute Gasteiger partial charge is 0.394 e. The van der Waals surface area contributed by atoms with Crippen LogP contribution in [-0.4, -0.2) is 77.8 Å². The SMILES string of the molecule is C[C@H]1C(CO)O[C@@H](OCC2CN(C)N=N2)[C@@H](O)C1O. The third-order valence-corrected chi connectivity index (χ3v) is 3.54. The maximum Gasteiger partial charge on any atom is 0.186 e. The number of aliphatic hydroxyl groups excluding tert-OH is 3. The molecule has 0 radical (unpaired) electrons. The van der Waals surface area contributed by atoms with Crippen LogP contribution in [0.2, 0.25) is 0 Å². The van der Waals surface area contributed by atoms with Crippen LogP contribution in [0.25, 0.3) is 0 Å². The van der Waals surface area contributed by atoms with Gasteiger partial charge in [0.15, 0.2) is 6.29 Å². The first kappa shape index (κ1) is 14.6. The minimum Gasteiger partial charge on any atom is -0.394 e. The zero-order chi connectivity index (χ0) is 14.0. The molecule has 19 heavy (non-hydrogen) atoms. The zero-order valence-corrected chi connectivity index (χ0v) is 11.1. The van der Waals surface area contributed by atoms with Crippen molar-refractivity contribution >= 4 is 0 Å². The van der Waals surface area contributed by atoms with Crippen molar-refractivity contribution in [1.29, 1.82) is 0 Å². The van der Waals surface area contributed by atoms with Crippen LogP contribution in [0.4, 0.5) is 0 Å². The number of rotatable bonds is 4. The van der Waals surface area contributed by atoms with Gasteiger partial charge in [-0.25, -0.2) is 0 Å². The van der Waals surface area contributed by atoms with Crippen LogP contribution in [0, 0.1) is 5.92 Å². The van der Waals surface area contributed by atoms with E-state index in [1.807, 2.05) is 7.05 Å². The van der Waals surface area contributed by atoms with Crippen molar-refractivity contribution in [2.24, 2.45) is 16.3 Å². The molecule has 0 spiro atoms. The van der Waals surface area contributed by atoms with Gasteiger partial charge in [-0.15, -0.1) is 0 Å². The van der Waals surface area contributed by atoms with Crippen molar-refractivity contribution in [3.05, 3.63) is 0 Å². The Bertz CT molecular complexity index is 327. The molecule has 0 aromatic rings. The molecule has 6 atom stereocenters. The Morgan fingerprint density at radius 2 is 2.11 bits per heavy atom. The van der Waals surface area contributed by atoms with E-state index >= 15 is 0 Å². The van der Waals surface area contributed by atoms with Gasteiger partial charge in [0.05, 0.1) is 32.0 Å². The van der Waals surface area contributed by atoms with Crippen molar-refractivity contribution in [2.45, 2.75) is 37.6 Å². The highest BCUT2D eigenvalue weighted by molar-refractivity contribution is 4.87. The Morgan fingerprint density at radius 1 is 1.37 bits per heavy atom. The Labute approximate surface area is 111 Å².